The van der Waals surface area contributed by atoms with Crippen LogP contribution in [0.4, 0.5) is 4.39 Å². The van der Waals surface area contributed by atoms with Gasteiger partial charge >= 0.3 is 0 Å². The van der Waals surface area contributed by atoms with Gasteiger partial charge in [-0.2, -0.15) is 4.98 Å². The number of benzene rings is 1. The fourth-order valence-corrected chi connectivity index (χ4v) is 4.90. The van der Waals surface area contributed by atoms with Gasteiger partial charge in [0, 0.05) is 27.6 Å². The van der Waals surface area contributed by atoms with Gasteiger partial charge in [0.25, 0.3) is 5.78 Å². The van der Waals surface area contributed by atoms with E-state index in [9.17, 15) is 9.18 Å². The molecule has 0 bridgehead atoms. The molecule has 0 saturated heterocycles. The van der Waals surface area contributed by atoms with Gasteiger partial charge in [-0.1, -0.05) is 11.8 Å². The van der Waals surface area contributed by atoms with Crippen LogP contribution in [0.5, 0.6) is 0 Å². The molecule has 2 aromatic heterocycles. The largest absolute Gasteiger partial charge is 0.349 e. The zero-order valence-electron chi connectivity index (χ0n) is 15.8. The zero-order valence-corrected chi connectivity index (χ0v) is 17.5. The Labute approximate surface area is 170 Å². The van der Waals surface area contributed by atoms with Crippen molar-refractivity contribution in [2.24, 2.45) is 0 Å². The Hall–Kier alpha value is -2.13. The first kappa shape index (κ1) is 19.2. The first-order valence-corrected chi connectivity index (χ1v) is 11.2. The molecule has 0 aliphatic carbocycles. The number of aromatic nitrogens is 4. The molecule has 146 valence electrons. The van der Waals surface area contributed by atoms with E-state index >= 15 is 0 Å². The van der Waals surface area contributed by atoms with Crippen molar-refractivity contribution in [3.63, 3.8) is 0 Å². The van der Waals surface area contributed by atoms with Gasteiger partial charge in [0.1, 0.15) is 5.82 Å². The quantitative estimate of drug-likeness (QED) is 0.655. The van der Waals surface area contributed by atoms with Crippen molar-refractivity contribution in [3.8, 4) is 0 Å². The minimum atomic E-state index is -0.280. The number of thioether (sulfide) groups is 2. The van der Waals surface area contributed by atoms with Crippen LogP contribution in [0.1, 0.15) is 35.0 Å². The molecule has 0 saturated carbocycles. The first-order chi connectivity index (χ1) is 13.5. The normalized spacial score (nSPS) is 16.2. The molecule has 0 fully saturated rings. The molecule has 9 heteroatoms. The summed E-state index contributed by atoms with van der Waals surface area (Å²) >= 11 is 3.15. The predicted molar refractivity (Wildman–Crippen MR) is 108 cm³/mol. The zero-order chi connectivity index (χ0) is 19.8. The molecule has 3 aromatic rings. The van der Waals surface area contributed by atoms with Gasteiger partial charge in [-0.3, -0.25) is 4.79 Å². The summed E-state index contributed by atoms with van der Waals surface area (Å²) in [4.78, 5) is 22.7. The average Bonchev–Trinajstić information content (AvgIpc) is 3.09. The molecule has 1 aromatic carbocycles. The highest BCUT2D eigenvalue weighted by Crippen LogP contribution is 2.36. The van der Waals surface area contributed by atoms with Gasteiger partial charge in [-0.05, 0) is 50.3 Å². The monoisotopic (exact) mass is 417 g/mol. The van der Waals surface area contributed by atoms with E-state index in [1.54, 1.807) is 22.3 Å². The van der Waals surface area contributed by atoms with Gasteiger partial charge in [0.05, 0.1) is 12.5 Å². The van der Waals surface area contributed by atoms with Crippen LogP contribution >= 0.6 is 23.5 Å². The van der Waals surface area contributed by atoms with Crippen molar-refractivity contribution in [1.29, 1.82) is 0 Å². The highest BCUT2D eigenvalue weighted by Gasteiger charge is 2.24. The second-order valence-corrected chi connectivity index (χ2v) is 8.60. The molecule has 3 heterocycles. The number of hydrogen-bond donors (Lipinski definition) is 1. The molecule has 1 aliphatic heterocycles. The maximum Gasteiger partial charge on any atom is 0.253 e. The smallest absolute Gasteiger partial charge is 0.253 e. The third-order valence-electron chi connectivity index (χ3n) is 4.90. The van der Waals surface area contributed by atoms with Crippen LogP contribution in [0.3, 0.4) is 0 Å². The Bertz CT molecular complexity index is 1070. The number of carbonyl (C=O) groups excluding carboxylic acids is 1. The third kappa shape index (κ3) is 3.60. The van der Waals surface area contributed by atoms with E-state index < -0.39 is 0 Å². The van der Waals surface area contributed by atoms with Gasteiger partial charge < -0.3 is 5.32 Å². The lowest BCUT2D eigenvalue weighted by molar-refractivity contribution is -0.121. The summed E-state index contributed by atoms with van der Waals surface area (Å²) in [5, 5.41) is 8.15. The van der Waals surface area contributed by atoms with Crippen LogP contribution < -0.4 is 5.32 Å². The lowest BCUT2D eigenvalue weighted by atomic mass is 10.0. The molecule has 1 amide bonds. The van der Waals surface area contributed by atoms with Gasteiger partial charge in [-0.15, -0.1) is 16.9 Å². The summed E-state index contributed by atoms with van der Waals surface area (Å²) < 4.78 is 15.4. The van der Waals surface area contributed by atoms with E-state index in [4.69, 9.17) is 0 Å². The van der Waals surface area contributed by atoms with Crippen molar-refractivity contribution in [2.75, 3.05) is 12.0 Å². The number of nitrogens with one attached hydrogen (secondary N) is 1. The molecular formula is C19H20FN5OS2. The van der Waals surface area contributed by atoms with Crippen LogP contribution in [0.2, 0.25) is 0 Å². The number of fused-ring (bicyclic) bond motifs is 2. The first-order valence-electron chi connectivity index (χ1n) is 8.94. The van der Waals surface area contributed by atoms with Crippen LogP contribution in [0, 0.1) is 19.7 Å². The molecule has 28 heavy (non-hydrogen) atoms. The molecular weight excluding hydrogens is 397 g/mol. The number of carbonyl (C=O) groups is 1. The fourth-order valence-electron chi connectivity index (χ4n) is 3.45. The lowest BCUT2D eigenvalue weighted by Gasteiger charge is -2.26. The third-order valence-corrected chi connectivity index (χ3v) is 6.56. The average molecular weight is 418 g/mol. The van der Waals surface area contributed by atoms with E-state index in [1.807, 2.05) is 20.1 Å². The Morgan fingerprint density at radius 2 is 2.21 bits per heavy atom. The number of hydrogen-bond acceptors (Lipinski definition) is 6. The number of halogens is 1. The SMILES string of the molecule is CSc1nc2nc(C)c(CC(=O)NC3CCSc4ccc(F)cc43)c(C)n2n1. The van der Waals surface area contributed by atoms with Crippen LogP contribution in [-0.4, -0.2) is 37.5 Å². The molecule has 6 nitrogen and oxygen atoms in total. The van der Waals surface area contributed by atoms with E-state index in [0.717, 1.165) is 39.6 Å². The predicted octanol–water partition coefficient (Wildman–Crippen LogP) is 3.50. The minimum absolute atomic E-state index is 0.107. The van der Waals surface area contributed by atoms with E-state index in [0.29, 0.717) is 10.9 Å². The standard InChI is InChI=1S/C19H20FN5OS2/c1-10-13(11(2)25-18(21-10)23-19(24-25)27-3)9-17(26)22-15-6-7-28-16-5-4-12(20)8-14(15)16/h4-5,8,15H,6-7,9H2,1-3H3,(H,22,26). The molecule has 1 atom stereocenters. The number of aryl methyl sites for hydroxylation is 2. The number of nitrogens with zero attached hydrogens (tertiary/aromatic N) is 4. The Kier molecular flexibility index (Phi) is 5.29. The second kappa shape index (κ2) is 7.71. The van der Waals surface area contributed by atoms with Crippen molar-refractivity contribution in [2.45, 2.75) is 42.8 Å². The highest BCUT2D eigenvalue weighted by atomic mass is 32.2. The lowest BCUT2D eigenvalue weighted by Crippen LogP contribution is -2.32. The fraction of sp³-hybridized carbons (Fsp3) is 0.368. The second-order valence-electron chi connectivity index (χ2n) is 6.69. The number of amides is 1. The molecule has 0 spiro atoms. The van der Waals surface area contributed by atoms with Crippen LogP contribution in [-0.2, 0) is 11.2 Å². The Morgan fingerprint density at radius 1 is 1.39 bits per heavy atom. The van der Waals surface area contributed by atoms with Crippen molar-refractivity contribution < 1.29 is 9.18 Å². The summed E-state index contributed by atoms with van der Waals surface area (Å²) in [6, 6.07) is 4.60. The minimum Gasteiger partial charge on any atom is -0.349 e. The van der Waals surface area contributed by atoms with E-state index in [2.05, 4.69) is 20.4 Å². The summed E-state index contributed by atoms with van der Waals surface area (Å²) in [5.74, 6) is 1.05. The maximum atomic E-state index is 13.7. The maximum absolute atomic E-state index is 13.7. The summed E-state index contributed by atoms with van der Waals surface area (Å²) in [7, 11) is 0. The van der Waals surface area contributed by atoms with Gasteiger partial charge in [0.2, 0.25) is 11.1 Å². The topological polar surface area (TPSA) is 72.2 Å². The van der Waals surface area contributed by atoms with Crippen LogP contribution in [0.25, 0.3) is 5.78 Å². The summed E-state index contributed by atoms with van der Waals surface area (Å²) in [6.07, 6.45) is 2.89. The highest BCUT2D eigenvalue weighted by molar-refractivity contribution is 7.99. The van der Waals surface area contributed by atoms with Crippen molar-refractivity contribution >= 4 is 35.2 Å². The molecule has 0 radical (unpaired) electrons. The van der Waals surface area contributed by atoms with E-state index in [1.165, 1.54) is 23.9 Å². The van der Waals surface area contributed by atoms with E-state index in [-0.39, 0.29) is 24.2 Å². The molecule has 1 N–H and O–H groups in total. The van der Waals surface area contributed by atoms with Crippen LogP contribution in [0.15, 0.2) is 28.3 Å². The summed E-state index contributed by atoms with van der Waals surface area (Å²) in [5.41, 5.74) is 3.32. The molecule has 1 unspecified atom stereocenters. The molecule has 4 rings (SSSR count). The van der Waals surface area contributed by atoms with Crippen molar-refractivity contribution in [1.82, 2.24) is 24.9 Å². The number of rotatable bonds is 4. The van der Waals surface area contributed by atoms with Gasteiger partial charge in [0.15, 0.2) is 0 Å². The molecule has 1 aliphatic rings. The Balaban J connectivity index is 1.57. The van der Waals surface area contributed by atoms with Gasteiger partial charge in [-0.25, -0.2) is 13.9 Å². The summed E-state index contributed by atoms with van der Waals surface area (Å²) in [6.45, 7) is 3.80. The van der Waals surface area contributed by atoms with Crippen molar-refractivity contribution in [3.05, 3.63) is 46.5 Å². The Morgan fingerprint density at radius 3 is 3.00 bits per heavy atom.